The van der Waals surface area contributed by atoms with Crippen LogP contribution in [0.4, 0.5) is 0 Å². The van der Waals surface area contributed by atoms with Gasteiger partial charge in [0, 0.05) is 11.9 Å². The molecule has 0 aliphatic carbocycles. The molecule has 0 bridgehead atoms. The number of nitrogens with one attached hydrogen (secondary N) is 1. The van der Waals surface area contributed by atoms with Crippen molar-refractivity contribution in [1.82, 2.24) is 24.7 Å². The summed E-state index contributed by atoms with van der Waals surface area (Å²) in [7, 11) is 0. The Hall–Kier alpha value is -2.34. The van der Waals surface area contributed by atoms with E-state index in [0.29, 0.717) is 10.6 Å². The fraction of sp³-hybridized carbons (Fsp3) is 0.143. The van der Waals surface area contributed by atoms with E-state index in [1.54, 1.807) is 6.20 Å². The highest BCUT2D eigenvalue weighted by atomic mass is 32.1. The maximum atomic E-state index is 5.34. The van der Waals surface area contributed by atoms with Gasteiger partial charge in [-0.15, -0.1) is 0 Å². The molecule has 0 aromatic carbocycles. The molecule has 0 saturated carbocycles. The Balaban J connectivity index is 2.25. The number of hydrogen-bond donors (Lipinski definition) is 1. The van der Waals surface area contributed by atoms with Gasteiger partial charge in [0.05, 0.1) is 11.4 Å². The second-order valence-electron chi connectivity index (χ2n) is 4.46. The Bertz CT molecular complexity index is 804. The van der Waals surface area contributed by atoms with Gasteiger partial charge in [0.1, 0.15) is 5.69 Å². The first-order chi connectivity index (χ1) is 9.66. The molecule has 3 rings (SSSR count). The molecular weight excluding hydrogens is 270 g/mol. The van der Waals surface area contributed by atoms with E-state index in [1.165, 1.54) is 0 Å². The minimum absolute atomic E-state index is 0.527. The zero-order chi connectivity index (χ0) is 14.1. The highest BCUT2D eigenvalue weighted by molar-refractivity contribution is 7.71. The molecule has 0 fully saturated rings. The Morgan fingerprint density at radius 2 is 2.00 bits per heavy atom. The van der Waals surface area contributed by atoms with Crippen molar-refractivity contribution >= 4 is 12.2 Å². The van der Waals surface area contributed by atoms with Crippen LogP contribution in [0.25, 0.3) is 17.2 Å². The van der Waals surface area contributed by atoms with Crippen molar-refractivity contribution in [3.05, 3.63) is 52.7 Å². The summed E-state index contributed by atoms with van der Waals surface area (Å²) in [6, 6.07) is 9.64. The molecule has 0 radical (unpaired) electrons. The van der Waals surface area contributed by atoms with E-state index in [-0.39, 0.29) is 0 Å². The highest BCUT2D eigenvalue weighted by Crippen LogP contribution is 2.21. The van der Waals surface area contributed by atoms with E-state index >= 15 is 0 Å². The van der Waals surface area contributed by atoms with Crippen molar-refractivity contribution in [2.24, 2.45) is 0 Å². The van der Waals surface area contributed by atoms with Crippen LogP contribution in [0.5, 0.6) is 0 Å². The molecule has 3 aromatic heterocycles. The zero-order valence-corrected chi connectivity index (χ0v) is 12.0. The summed E-state index contributed by atoms with van der Waals surface area (Å²) in [5, 5.41) is 7.11. The molecular formula is C14H13N5S. The van der Waals surface area contributed by atoms with Crippen LogP contribution < -0.4 is 0 Å². The predicted octanol–water partition coefficient (Wildman–Crippen LogP) is 3.00. The van der Waals surface area contributed by atoms with Crippen molar-refractivity contribution < 1.29 is 0 Å². The third-order valence-corrected chi connectivity index (χ3v) is 3.28. The van der Waals surface area contributed by atoms with Crippen LogP contribution in [0, 0.1) is 18.6 Å². The SMILES string of the molecule is Cc1ccc(-n2c(-c3ccccn3)n[nH]c2=S)c(C)n1. The molecule has 3 heterocycles. The fourth-order valence-electron chi connectivity index (χ4n) is 2.10. The Morgan fingerprint density at radius 1 is 1.15 bits per heavy atom. The van der Waals surface area contributed by atoms with Crippen molar-refractivity contribution in [3.8, 4) is 17.2 Å². The van der Waals surface area contributed by atoms with E-state index in [1.807, 2.05) is 48.7 Å². The van der Waals surface area contributed by atoms with Gasteiger partial charge in [-0.3, -0.25) is 19.6 Å². The lowest BCUT2D eigenvalue weighted by molar-refractivity contribution is 0.977. The molecule has 0 atom stereocenters. The summed E-state index contributed by atoms with van der Waals surface area (Å²) < 4.78 is 2.39. The van der Waals surface area contributed by atoms with Crippen LogP contribution in [-0.2, 0) is 0 Å². The van der Waals surface area contributed by atoms with Gasteiger partial charge in [-0.2, -0.15) is 5.10 Å². The molecule has 0 spiro atoms. The maximum absolute atomic E-state index is 5.34. The van der Waals surface area contributed by atoms with Gasteiger partial charge in [0.15, 0.2) is 10.6 Å². The zero-order valence-electron chi connectivity index (χ0n) is 11.2. The largest absolute Gasteiger partial charge is 0.265 e. The average Bonchev–Trinajstić information content (AvgIpc) is 2.82. The van der Waals surface area contributed by atoms with Crippen LogP contribution >= 0.6 is 12.2 Å². The fourth-order valence-corrected chi connectivity index (χ4v) is 2.33. The molecule has 20 heavy (non-hydrogen) atoms. The first-order valence-electron chi connectivity index (χ1n) is 6.20. The quantitative estimate of drug-likeness (QED) is 0.734. The molecule has 1 N–H and O–H groups in total. The van der Waals surface area contributed by atoms with Crippen LogP contribution in [0.2, 0.25) is 0 Å². The molecule has 5 nitrogen and oxygen atoms in total. The molecule has 0 aliphatic heterocycles. The standard InChI is InChI=1S/C14H13N5S/c1-9-6-7-12(10(2)16-9)19-13(17-18-14(19)20)11-5-3-4-8-15-11/h3-8H,1-2H3,(H,18,20). The van der Waals surface area contributed by atoms with Gasteiger partial charge in [-0.05, 0) is 50.3 Å². The van der Waals surface area contributed by atoms with Crippen LogP contribution in [-0.4, -0.2) is 24.7 Å². The smallest absolute Gasteiger partial charge is 0.200 e. The highest BCUT2D eigenvalue weighted by Gasteiger charge is 2.13. The Morgan fingerprint density at radius 3 is 2.70 bits per heavy atom. The van der Waals surface area contributed by atoms with Gasteiger partial charge in [0.25, 0.3) is 0 Å². The second kappa shape index (κ2) is 4.97. The van der Waals surface area contributed by atoms with E-state index in [4.69, 9.17) is 12.2 Å². The Kier molecular flexibility index (Phi) is 3.15. The van der Waals surface area contributed by atoms with Crippen molar-refractivity contribution in [1.29, 1.82) is 0 Å². The molecule has 6 heteroatoms. The van der Waals surface area contributed by atoms with Crippen molar-refractivity contribution in [2.45, 2.75) is 13.8 Å². The van der Waals surface area contributed by atoms with Gasteiger partial charge in [-0.25, -0.2) is 0 Å². The van der Waals surface area contributed by atoms with E-state index in [0.717, 1.165) is 22.8 Å². The van der Waals surface area contributed by atoms with Crippen LogP contribution in [0.3, 0.4) is 0 Å². The summed E-state index contributed by atoms with van der Waals surface area (Å²) in [4.78, 5) is 8.80. The van der Waals surface area contributed by atoms with Gasteiger partial charge >= 0.3 is 0 Å². The number of rotatable bonds is 2. The minimum atomic E-state index is 0.527. The number of aromatic amines is 1. The summed E-state index contributed by atoms with van der Waals surface area (Å²) in [6.45, 7) is 3.92. The second-order valence-corrected chi connectivity index (χ2v) is 4.85. The third-order valence-electron chi connectivity index (χ3n) is 3.00. The predicted molar refractivity (Wildman–Crippen MR) is 79.2 cm³/mol. The van der Waals surface area contributed by atoms with Gasteiger partial charge in [0.2, 0.25) is 0 Å². The summed E-state index contributed by atoms with van der Waals surface area (Å²) in [5.74, 6) is 0.685. The summed E-state index contributed by atoms with van der Waals surface area (Å²) in [6.07, 6.45) is 1.73. The number of H-pyrrole nitrogens is 1. The summed E-state index contributed by atoms with van der Waals surface area (Å²) in [5.41, 5.74) is 3.55. The van der Waals surface area contributed by atoms with Gasteiger partial charge < -0.3 is 0 Å². The normalized spacial score (nSPS) is 10.7. The molecule has 0 unspecified atom stereocenters. The van der Waals surface area contributed by atoms with E-state index in [2.05, 4.69) is 20.2 Å². The molecule has 100 valence electrons. The number of hydrogen-bond acceptors (Lipinski definition) is 4. The average molecular weight is 283 g/mol. The number of aryl methyl sites for hydroxylation is 2. The topological polar surface area (TPSA) is 59.4 Å². The maximum Gasteiger partial charge on any atom is 0.200 e. The number of nitrogens with zero attached hydrogens (tertiary/aromatic N) is 4. The van der Waals surface area contributed by atoms with Crippen LogP contribution in [0.15, 0.2) is 36.5 Å². The number of pyridine rings is 2. The minimum Gasteiger partial charge on any atom is -0.265 e. The third kappa shape index (κ3) is 2.14. The van der Waals surface area contributed by atoms with Gasteiger partial charge in [-0.1, -0.05) is 6.07 Å². The van der Waals surface area contributed by atoms with Crippen LogP contribution in [0.1, 0.15) is 11.4 Å². The molecule has 0 saturated heterocycles. The first kappa shape index (κ1) is 12.7. The monoisotopic (exact) mass is 283 g/mol. The summed E-state index contributed by atoms with van der Waals surface area (Å²) >= 11 is 5.34. The van der Waals surface area contributed by atoms with Crippen molar-refractivity contribution in [3.63, 3.8) is 0 Å². The lowest BCUT2D eigenvalue weighted by Crippen LogP contribution is -2.03. The lowest BCUT2D eigenvalue weighted by Gasteiger charge is -2.09. The first-order valence-corrected chi connectivity index (χ1v) is 6.61. The molecule has 0 aliphatic rings. The molecule has 0 amide bonds. The van der Waals surface area contributed by atoms with E-state index < -0.39 is 0 Å². The van der Waals surface area contributed by atoms with E-state index in [9.17, 15) is 0 Å². The van der Waals surface area contributed by atoms with Crippen molar-refractivity contribution in [2.75, 3.05) is 0 Å². The lowest BCUT2D eigenvalue weighted by atomic mass is 10.2. The Labute approximate surface area is 121 Å². The molecule has 3 aromatic rings. The number of aromatic nitrogens is 5.